The summed E-state index contributed by atoms with van der Waals surface area (Å²) in [5.41, 5.74) is 0.643. The molecule has 0 aliphatic heterocycles. The molecule has 116 valence electrons. The third-order valence-corrected chi connectivity index (χ3v) is 2.93. The number of nitrogens with one attached hydrogen (secondary N) is 1. The van der Waals surface area contributed by atoms with Crippen molar-refractivity contribution >= 4 is 11.6 Å². The van der Waals surface area contributed by atoms with Gasteiger partial charge in [0, 0.05) is 0 Å². The van der Waals surface area contributed by atoms with Crippen LogP contribution in [-0.2, 0) is 4.79 Å². The molecular formula is C18H21NO3. The molecule has 4 heteroatoms. The highest BCUT2D eigenvalue weighted by atomic mass is 16.5. The van der Waals surface area contributed by atoms with Crippen molar-refractivity contribution in [3.05, 3.63) is 54.6 Å². The second kappa shape index (κ2) is 7.50. The summed E-state index contributed by atoms with van der Waals surface area (Å²) in [6.07, 6.45) is -0.564. The Kier molecular flexibility index (Phi) is 5.42. The average molecular weight is 299 g/mol. The molecule has 0 aromatic heterocycles. The van der Waals surface area contributed by atoms with Crippen LogP contribution in [0.1, 0.15) is 20.8 Å². The largest absolute Gasteiger partial charge is 0.489 e. The van der Waals surface area contributed by atoms with E-state index in [1.54, 1.807) is 6.92 Å². The van der Waals surface area contributed by atoms with Crippen LogP contribution in [0.5, 0.6) is 11.5 Å². The van der Waals surface area contributed by atoms with E-state index in [1.807, 2.05) is 68.4 Å². The van der Waals surface area contributed by atoms with Gasteiger partial charge in [0.25, 0.3) is 5.91 Å². The van der Waals surface area contributed by atoms with Crippen LogP contribution in [0.3, 0.4) is 0 Å². The van der Waals surface area contributed by atoms with E-state index in [1.165, 1.54) is 0 Å². The summed E-state index contributed by atoms with van der Waals surface area (Å²) in [5.74, 6) is 1.10. The molecule has 0 saturated carbocycles. The first-order valence-electron chi connectivity index (χ1n) is 7.34. The van der Waals surface area contributed by atoms with Gasteiger partial charge in [-0.05, 0) is 45.0 Å². The average Bonchev–Trinajstić information content (AvgIpc) is 2.49. The maximum Gasteiger partial charge on any atom is 0.265 e. The number of amides is 1. The second-order valence-electron chi connectivity index (χ2n) is 5.23. The number of para-hydroxylation sites is 3. The summed E-state index contributed by atoms with van der Waals surface area (Å²) in [5, 5.41) is 2.85. The molecule has 0 aliphatic carbocycles. The molecule has 0 radical (unpaired) electrons. The third-order valence-electron chi connectivity index (χ3n) is 2.93. The Morgan fingerprint density at radius 3 is 2.23 bits per heavy atom. The molecule has 0 aliphatic rings. The highest BCUT2D eigenvalue weighted by Gasteiger charge is 2.16. The lowest BCUT2D eigenvalue weighted by Gasteiger charge is -2.17. The Labute approximate surface area is 131 Å². The maximum atomic E-state index is 12.3. The van der Waals surface area contributed by atoms with Crippen molar-refractivity contribution in [1.29, 1.82) is 0 Å². The van der Waals surface area contributed by atoms with E-state index >= 15 is 0 Å². The van der Waals surface area contributed by atoms with Gasteiger partial charge in [0.05, 0.1) is 11.8 Å². The molecule has 22 heavy (non-hydrogen) atoms. The van der Waals surface area contributed by atoms with Crippen LogP contribution in [0.4, 0.5) is 5.69 Å². The normalized spacial score (nSPS) is 11.8. The Morgan fingerprint density at radius 2 is 1.55 bits per heavy atom. The zero-order valence-electron chi connectivity index (χ0n) is 13.1. The van der Waals surface area contributed by atoms with Crippen LogP contribution >= 0.6 is 0 Å². The van der Waals surface area contributed by atoms with E-state index in [-0.39, 0.29) is 12.0 Å². The van der Waals surface area contributed by atoms with Gasteiger partial charge in [-0.15, -0.1) is 0 Å². The molecule has 0 bridgehead atoms. The molecule has 4 nitrogen and oxygen atoms in total. The van der Waals surface area contributed by atoms with Gasteiger partial charge in [0.2, 0.25) is 0 Å². The fraction of sp³-hybridized carbons (Fsp3) is 0.278. The summed E-state index contributed by atoms with van der Waals surface area (Å²) in [6, 6.07) is 16.6. The minimum absolute atomic E-state index is 0.0380. The fourth-order valence-corrected chi connectivity index (χ4v) is 1.92. The molecule has 0 spiro atoms. The van der Waals surface area contributed by atoms with Crippen LogP contribution in [0.2, 0.25) is 0 Å². The zero-order valence-corrected chi connectivity index (χ0v) is 13.1. The first-order valence-corrected chi connectivity index (χ1v) is 7.34. The van der Waals surface area contributed by atoms with E-state index in [0.29, 0.717) is 17.2 Å². The topological polar surface area (TPSA) is 47.6 Å². The summed E-state index contributed by atoms with van der Waals surface area (Å²) in [7, 11) is 0. The highest BCUT2D eigenvalue weighted by molar-refractivity contribution is 5.95. The minimum atomic E-state index is -0.602. The monoisotopic (exact) mass is 299 g/mol. The van der Waals surface area contributed by atoms with Crippen LogP contribution in [0, 0.1) is 0 Å². The zero-order chi connectivity index (χ0) is 15.9. The van der Waals surface area contributed by atoms with Crippen molar-refractivity contribution in [2.45, 2.75) is 33.0 Å². The van der Waals surface area contributed by atoms with Crippen molar-refractivity contribution in [2.24, 2.45) is 0 Å². The highest BCUT2D eigenvalue weighted by Crippen LogP contribution is 2.25. The van der Waals surface area contributed by atoms with Crippen molar-refractivity contribution in [3.63, 3.8) is 0 Å². The Bertz CT molecular complexity index is 611. The molecular weight excluding hydrogens is 278 g/mol. The maximum absolute atomic E-state index is 12.3. The minimum Gasteiger partial charge on any atom is -0.489 e. The summed E-state index contributed by atoms with van der Waals surface area (Å²) in [4.78, 5) is 12.3. The molecule has 0 heterocycles. The summed E-state index contributed by atoms with van der Waals surface area (Å²) >= 11 is 0. The Hall–Kier alpha value is -2.49. The van der Waals surface area contributed by atoms with Crippen LogP contribution in [-0.4, -0.2) is 18.1 Å². The molecule has 2 rings (SSSR count). The second-order valence-corrected chi connectivity index (χ2v) is 5.23. The molecule has 0 fully saturated rings. The van der Waals surface area contributed by atoms with E-state index in [9.17, 15) is 4.79 Å². The molecule has 1 atom stereocenters. The molecule has 0 saturated heterocycles. The quantitative estimate of drug-likeness (QED) is 0.880. The van der Waals surface area contributed by atoms with Crippen molar-refractivity contribution in [2.75, 3.05) is 5.32 Å². The van der Waals surface area contributed by atoms with Crippen molar-refractivity contribution in [3.8, 4) is 11.5 Å². The van der Waals surface area contributed by atoms with Crippen LogP contribution in [0.25, 0.3) is 0 Å². The lowest BCUT2D eigenvalue weighted by molar-refractivity contribution is -0.122. The van der Waals surface area contributed by atoms with Crippen LogP contribution in [0.15, 0.2) is 54.6 Å². The molecule has 1 amide bonds. The van der Waals surface area contributed by atoms with Crippen LogP contribution < -0.4 is 14.8 Å². The third kappa shape index (κ3) is 4.52. The standard InChI is InChI=1S/C18H21NO3/c1-13(2)21-17-12-8-7-11-16(17)19-18(20)14(3)22-15-9-5-4-6-10-15/h4-14H,1-3H3,(H,19,20). The number of anilines is 1. The van der Waals surface area contributed by atoms with Gasteiger partial charge in [0.1, 0.15) is 11.5 Å². The molecule has 1 unspecified atom stereocenters. The predicted octanol–water partition coefficient (Wildman–Crippen LogP) is 3.88. The van der Waals surface area contributed by atoms with Crippen molar-refractivity contribution in [1.82, 2.24) is 0 Å². The number of benzene rings is 2. The van der Waals surface area contributed by atoms with Gasteiger partial charge in [-0.3, -0.25) is 4.79 Å². The smallest absolute Gasteiger partial charge is 0.265 e. The Morgan fingerprint density at radius 1 is 0.909 bits per heavy atom. The number of carbonyl (C=O) groups excluding carboxylic acids is 1. The Balaban J connectivity index is 2.02. The van der Waals surface area contributed by atoms with Gasteiger partial charge < -0.3 is 14.8 Å². The number of carbonyl (C=O) groups is 1. The number of hydrogen-bond donors (Lipinski definition) is 1. The van der Waals surface area contributed by atoms with Gasteiger partial charge >= 0.3 is 0 Å². The van der Waals surface area contributed by atoms with E-state index in [2.05, 4.69) is 5.32 Å². The lowest BCUT2D eigenvalue weighted by Crippen LogP contribution is -2.30. The SMILES string of the molecule is CC(C)Oc1ccccc1NC(=O)C(C)Oc1ccccc1. The molecule has 2 aromatic rings. The van der Waals surface area contributed by atoms with E-state index in [0.717, 1.165) is 0 Å². The lowest BCUT2D eigenvalue weighted by atomic mass is 10.2. The summed E-state index contributed by atoms with van der Waals surface area (Å²) in [6.45, 7) is 5.60. The van der Waals surface area contributed by atoms with Gasteiger partial charge in [-0.25, -0.2) is 0 Å². The van der Waals surface area contributed by atoms with E-state index < -0.39 is 6.10 Å². The molecule has 1 N–H and O–H groups in total. The summed E-state index contributed by atoms with van der Waals surface area (Å²) < 4.78 is 11.3. The number of ether oxygens (including phenoxy) is 2. The first kappa shape index (κ1) is 15.9. The predicted molar refractivity (Wildman–Crippen MR) is 87.4 cm³/mol. The van der Waals surface area contributed by atoms with Gasteiger partial charge in [-0.2, -0.15) is 0 Å². The number of rotatable bonds is 6. The van der Waals surface area contributed by atoms with Gasteiger partial charge in [0.15, 0.2) is 6.10 Å². The van der Waals surface area contributed by atoms with Crippen molar-refractivity contribution < 1.29 is 14.3 Å². The van der Waals surface area contributed by atoms with Gasteiger partial charge in [-0.1, -0.05) is 30.3 Å². The fourth-order valence-electron chi connectivity index (χ4n) is 1.92. The molecule has 2 aromatic carbocycles. The first-order chi connectivity index (χ1) is 10.6. The number of hydrogen-bond acceptors (Lipinski definition) is 3. The van der Waals surface area contributed by atoms with E-state index in [4.69, 9.17) is 9.47 Å².